The maximum absolute atomic E-state index is 11.2. The first-order valence-electron chi connectivity index (χ1n) is 6.11. The molecule has 2 aromatic heterocycles. The molecule has 0 aliphatic carbocycles. The van der Waals surface area contributed by atoms with Crippen molar-refractivity contribution in [2.45, 2.75) is 6.54 Å². The number of furan rings is 1. The summed E-state index contributed by atoms with van der Waals surface area (Å²) in [6.45, 7) is 0.411. The molecule has 1 amide bonds. The molecule has 8 heteroatoms. The summed E-state index contributed by atoms with van der Waals surface area (Å²) in [6, 6.07) is 10.2. The Balaban J connectivity index is 1.73. The minimum absolute atomic E-state index is 0.365. The fraction of sp³-hybridized carbons (Fsp3) is 0.0769. The second kappa shape index (κ2) is 5.55. The number of carbonyl (C=O) groups excluding carboxylic acids is 1. The predicted octanol–water partition coefficient (Wildman–Crippen LogP) is 1.10. The average molecular weight is 285 g/mol. The first kappa shape index (κ1) is 13.0. The standard InChI is InChI=1S/C13H11N5O3/c19-13(16-20)10-5-3-9(4-6-10)8-18-15-12(14-17-18)11-2-1-7-21-11/h1-7,20H,8H2,(H,16,19). The Kier molecular flexibility index (Phi) is 3.44. The van der Waals surface area contributed by atoms with E-state index in [-0.39, 0.29) is 0 Å². The van der Waals surface area contributed by atoms with Crippen LogP contribution in [0.2, 0.25) is 0 Å². The molecule has 0 radical (unpaired) electrons. The van der Waals surface area contributed by atoms with Crippen LogP contribution in [0, 0.1) is 0 Å². The van der Waals surface area contributed by atoms with Gasteiger partial charge in [-0.25, -0.2) is 5.48 Å². The monoisotopic (exact) mass is 285 g/mol. The third-order valence-electron chi connectivity index (χ3n) is 2.84. The van der Waals surface area contributed by atoms with Crippen LogP contribution in [-0.4, -0.2) is 31.3 Å². The summed E-state index contributed by atoms with van der Waals surface area (Å²) in [5.41, 5.74) is 2.84. The van der Waals surface area contributed by atoms with Gasteiger partial charge in [0.1, 0.15) is 0 Å². The molecule has 3 rings (SSSR count). The third-order valence-corrected chi connectivity index (χ3v) is 2.84. The van der Waals surface area contributed by atoms with Gasteiger partial charge in [-0.1, -0.05) is 12.1 Å². The van der Waals surface area contributed by atoms with Crippen LogP contribution in [0.3, 0.4) is 0 Å². The molecule has 21 heavy (non-hydrogen) atoms. The second-order valence-electron chi connectivity index (χ2n) is 4.26. The minimum atomic E-state index is -0.555. The lowest BCUT2D eigenvalue weighted by Gasteiger charge is -2.02. The van der Waals surface area contributed by atoms with Gasteiger partial charge in [0.2, 0.25) is 5.82 Å². The highest BCUT2D eigenvalue weighted by Gasteiger charge is 2.09. The molecule has 0 aliphatic rings. The van der Waals surface area contributed by atoms with Crippen molar-refractivity contribution in [2.75, 3.05) is 0 Å². The van der Waals surface area contributed by atoms with Gasteiger partial charge in [-0.2, -0.15) is 4.80 Å². The maximum Gasteiger partial charge on any atom is 0.274 e. The van der Waals surface area contributed by atoms with Gasteiger partial charge >= 0.3 is 0 Å². The summed E-state index contributed by atoms with van der Waals surface area (Å²) in [5, 5.41) is 20.6. The maximum atomic E-state index is 11.2. The van der Waals surface area contributed by atoms with Crippen LogP contribution in [0.5, 0.6) is 0 Å². The van der Waals surface area contributed by atoms with E-state index in [0.29, 0.717) is 23.7 Å². The van der Waals surface area contributed by atoms with Crippen molar-refractivity contribution in [2.24, 2.45) is 0 Å². The van der Waals surface area contributed by atoms with Crippen LogP contribution < -0.4 is 5.48 Å². The number of hydroxylamine groups is 1. The van der Waals surface area contributed by atoms with Gasteiger partial charge in [0, 0.05) is 5.56 Å². The van der Waals surface area contributed by atoms with E-state index in [9.17, 15) is 4.79 Å². The molecule has 2 heterocycles. The van der Waals surface area contributed by atoms with Crippen LogP contribution in [0.4, 0.5) is 0 Å². The molecule has 8 nitrogen and oxygen atoms in total. The predicted molar refractivity (Wildman–Crippen MR) is 70.3 cm³/mol. The smallest absolute Gasteiger partial charge is 0.274 e. The van der Waals surface area contributed by atoms with Gasteiger partial charge in [-0.15, -0.1) is 10.2 Å². The van der Waals surface area contributed by atoms with Crippen molar-refractivity contribution in [1.29, 1.82) is 0 Å². The minimum Gasteiger partial charge on any atom is -0.461 e. The lowest BCUT2D eigenvalue weighted by atomic mass is 10.1. The molecule has 0 saturated heterocycles. The van der Waals surface area contributed by atoms with Crippen LogP contribution in [0.25, 0.3) is 11.6 Å². The Morgan fingerprint density at radius 3 is 2.76 bits per heavy atom. The highest BCUT2D eigenvalue weighted by Crippen LogP contribution is 2.13. The largest absolute Gasteiger partial charge is 0.461 e. The van der Waals surface area contributed by atoms with Crippen molar-refractivity contribution < 1.29 is 14.4 Å². The number of amides is 1. The molecule has 2 N–H and O–H groups in total. The van der Waals surface area contributed by atoms with Crippen LogP contribution in [0.1, 0.15) is 15.9 Å². The van der Waals surface area contributed by atoms with E-state index in [1.54, 1.807) is 48.1 Å². The molecule has 0 spiro atoms. The zero-order valence-corrected chi connectivity index (χ0v) is 10.8. The molecule has 0 bridgehead atoms. The van der Waals surface area contributed by atoms with E-state index in [4.69, 9.17) is 9.62 Å². The number of carbonyl (C=O) groups is 1. The zero-order valence-electron chi connectivity index (χ0n) is 10.8. The number of hydrogen-bond donors (Lipinski definition) is 2. The van der Waals surface area contributed by atoms with Crippen molar-refractivity contribution in [3.8, 4) is 11.6 Å². The number of rotatable bonds is 4. The Morgan fingerprint density at radius 2 is 2.10 bits per heavy atom. The number of aromatic nitrogens is 4. The van der Waals surface area contributed by atoms with E-state index in [1.807, 2.05) is 0 Å². The molecule has 0 saturated carbocycles. The Bertz CT molecular complexity index is 734. The van der Waals surface area contributed by atoms with Crippen LogP contribution in [-0.2, 0) is 6.54 Å². The lowest BCUT2D eigenvalue weighted by Crippen LogP contribution is -2.18. The summed E-state index contributed by atoms with van der Waals surface area (Å²) in [5.74, 6) is 0.410. The third kappa shape index (κ3) is 2.79. The molecule has 0 atom stereocenters. The highest BCUT2D eigenvalue weighted by atomic mass is 16.5. The Labute approximate surface area is 119 Å². The van der Waals surface area contributed by atoms with Gasteiger partial charge in [-0.3, -0.25) is 10.0 Å². The molecule has 106 valence electrons. The summed E-state index contributed by atoms with van der Waals surface area (Å²) < 4.78 is 5.19. The molecule has 0 unspecified atom stereocenters. The normalized spacial score (nSPS) is 10.5. The van der Waals surface area contributed by atoms with E-state index >= 15 is 0 Å². The van der Waals surface area contributed by atoms with Gasteiger partial charge in [0.05, 0.1) is 12.8 Å². The van der Waals surface area contributed by atoms with Crippen LogP contribution in [0.15, 0.2) is 47.1 Å². The summed E-state index contributed by atoms with van der Waals surface area (Å²) >= 11 is 0. The fourth-order valence-electron chi connectivity index (χ4n) is 1.80. The summed E-state index contributed by atoms with van der Waals surface area (Å²) in [7, 11) is 0. The van der Waals surface area contributed by atoms with Crippen LogP contribution >= 0.6 is 0 Å². The molecular formula is C13H11N5O3. The second-order valence-corrected chi connectivity index (χ2v) is 4.26. The van der Waals surface area contributed by atoms with Crippen molar-refractivity contribution in [3.05, 3.63) is 53.8 Å². The van der Waals surface area contributed by atoms with E-state index in [0.717, 1.165) is 5.56 Å². The molecule has 0 aliphatic heterocycles. The first-order chi connectivity index (χ1) is 10.3. The summed E-state index contributed by atoms with van der Waals surface area (Å²) in [4.78, 5) is 12.6. The molecule has 3 aromatic rings. The first-order valence-corrected chi connectivity index (χ1v) is 6.11. The number of nitrogens with one attached hydrogen (secondary N) is 1. The van der Waals surface area contributed by atoms with Crippen molar-refractivity contribution >= 4 is 5.91 Å². The summed E-state index contributed by atoms with van der Waals surface area (Å²) in [6.07, 6.45) is 1.54. The number of hydrogen-bond acceptors (Lipinski definition) is 6. The van der Waals surface area contributed by atoms with Gasteiger partial charge < -0.3 is 4.42 Å². The van der Waals surface area contributed by atoms with Gasteiger partial charge in [0.15, 0.2) is 5.76 Å². The zero-order chi connectivity index (χ0) is 14.7. The molecule has 1 aromatic carbocycles. The molecular weight excluding hydrogens is 274 g/mol. The van der Waals surface area contributed by atoms with Gasteiger partial charge in [0.25, 0.3) is 5.91 Å². The van der Waals surface area contributed by atoms with Crippen molar-refractivity contribution in [3.63, 3.8) is 0 Å². The van der Waals surface area contributed by atoms with E-state index in [1.165, 1.54) is 4.80 Å². The SMILES string of the molecule is O=C(NO)c1ccc(Cn2nnc(-c3ccco3)n2)cc1. The Hall–Kier alpha value is -3.00. The molecule has 0 fully saturated rings. The Morgan fingerprint density at radius 1 is 1.29 bits per heavy atom. The number of tetrazole rings is 1. The number of nitrogens with zero attached hydrogens (tertiary/aromatic N) is 4. The lowest BCUT2D eigenvalue weighted by molar-refractivity contribution is 0.0706. The highest BCUT2D eigenvalue weighted by molar-refractivity contribution is 5.93. The quantitative estimate of drug-likeness (QED) is 0.549. The number of benzene rings is 1. The fourth-order valence-corrected chi connectivity index (χ4v) is 1.80. The topological polar surface area (TPSA) is 106 Å². The van der Waals surface area contributed by atoms with E-state index < -0.39 is 5.91 Å². The average Bonchev–Trinajstić information content (AvgIpc) is 3.18. The van der Waals surface area contributed by atoms with Gasteiger partial charge in [-0.05, 0) is 35.0 Å². The van der Waals surface area contributed by atoms with E-state index in [2.05, 4.69) is 15.4 Å². The van der Waals surface area contributed by atoms with Crippen molar-refractivity contribution in [1.82, 2.24) is 25.7 Å².